The van der Waals surface area contributed by atoms with Crippen molar-refractivity contribution in [3.05, 3.63) is 0 Å². The standard InChI is InChI=1S/C13H21NO6/c1-12(2,3)20-11(16)14-8-13(18-5-6-19-13)7-9(14)10(15)17-4/h9H,5-8H2,1-4H3/t9-/m0/s1. The van der Waals surface area contributed by atoms with Crippen LogP contribution in [0.1, 0.15) is 27.2 Å². The fourth-order valence-electron chi connectivity index (χ4n) is 2.40. The lowest BCUT2D eigenvalue weighted by atomic mass is 10.1. The van der Waals surface area contributed by atoms with Gasteiger partial charge >= 0.3 is 12.1 Å². The summed E-state index contributed by atoms with van der Waals surface area (Å²) in [6.45, 7) is 6.39. The number of methoxy groups -OCH3 is 1. The molecule has 0 radical (unpaired) electrons. The van der Waals surface area contributed by atoms with Crippen LogP contribution in [0.4, 0.5) is 4.79 Å². The van der Waals surface area contributed by atoms with Crippen LogP contribution < -0.4 is 0 Å². The molecule has 2 fully saturated rings. The Morgan fingerprint density at radius 2 is 1.85 bits per heavy atom. The van der Waals surface area contributed by atoms with Crippen LogP contribution in [0.25, 0.3) is 0 Å². The number of carbonyl (C=O) groups excluding carboxylic acids is 2. The van der Waals surface area contributed by atoms with E-state index in [9.17, 15) is 9.59 Å². The minimum Gasteiger partial charge on any atom is -0.467 e. The monoisotopic (exact) mass is 287 g/mol. The van der Waals surface area contributed by atoms with Gasteiger partial charge < -0.3 is 18.9 Å². The summed E-state index contributed by atoms with van der Waals surface area (Å²) >= 11 is 0. The van der Waals surface area contributed by atoms with Gasteiger partial charge in [0.2, 0.25) is 0 Å². The summed E-state index contributed by atoms with van der Waals surface area (Å²) in [5, 5.41) is 0. The average Bonchev–Trinajstić information content (AvgIpc) is 2.94. The summed E-state index contributed by atoms with van der Waals surface area (Å²) in [6.07, 6.45) is -0.303. The minimum absolute atomic E-state index is 0.168. The van der Waals surface area contributed by atoms with Crippen molar-refractivity contribution in [2.24, 2.45) is 0 Å². The average molecular weight is 287 g/mol. The first kappa shape index (κ1) is 15.1. The molecule has 1 amide bonds. The van der Waals surface area contributed by atoms with E-state index in [2.05, 4.69) is 0 Å². The maximum Gasteiger partial charge on any atom is 0.411 e. The van der Waals surface area contributed by atoms with Crippen LogP contribution in [0.2, 0.25) is 0 Å². The van der Waals surface area contributed by atoms with Crippen molar-refractivity contribution in [2.75, 3.05) is 26.9 Å². The lowest BCUT2D eigenvalue weighted by Gasteiger charge is -2.27. The molecule has 2 heterocycles. The molecule has 2 aliphatic rings. The van der Waals surface area contributed by atoms with Crippen LogP contribution >= 0.6 is 0 Å². The van der Waals surface area contributed by atoms with Gasteiger partial charge in [0, 0.05) is 6.42 Å². The van der Waals surface area contributed by atoms with E-state index >= 15 is 0 Å². The number of hydrogen-bond acceptors (Lipinski definition) is 6. The molecule has 20 heavy (non-hydrogen) atoms. The number of likely N-dealkylation sites (tertiary alicyclic amines) is 1. The summed E-state index contributed by atoms with van der Waals surface area (Å²) < 4.78 is 21.2. The van der Waals surface area contributed by atoms with Crippen molar-refractivity contribution in [3.8, 4) is 0 Å². The molecule has 7 heteroatoms. The Balaban J connectivity index is 2.15. The zero-order valence-corrected chi connectivity index (χ0v) is 12.3. The topological polar surface area (TPSA) is 74.3 Å². The van der Waals surface area contributed by atoms with Crippen LogP contribution in [0.5, 0.6) is 0 Å². The van der Waals surface area contributed by atoms with Crippen molar-refractivity contribution in [1.82, 2.24) is 4.90 Å². The molecular formula is C13H21NO6. The van der Waals surface area contributed by atoms with Gasteiger partial charge in [-0.25, -0.2) is 9.59 Å². The Kier molecular flexibility index (Phi) is 3.93. The zero-order valence-electron chi connectivity index (χ0n) is 12.3. The number of hydrogen-bond donors (Lipinski definition) is 0. The summed E-state index contributed by atoms with van der Waals surface area (Å²) in [5.74, 6) is -1.40. The fourth-order valence-corrected chi connectivity index (χ4v) is 2.40. The highest BCUT2D eigenvalue weighted by molar-refractivity contribution is 5.82. The van der Waals surface area contributed by atoms with Crippen LogP contribution in [-0.2, 0) is 23.7 Å². The molecule has 114 valence electrons. The highest BCUT2D eigenvalue weighted by Gasteiger charge is 2.54. The lowest BCUT2D eigenvalue weighted by Crippen LogP contribution is -2.44. The third kappa shape index (κ3) is 3.04. The first-order chi connectivity index (χ1) is 9.26. The number of amides is 1. The molecule has 0 aliphatic carbocycles. The van der Waals surface area contributed by atoms with Gasteiger partial charge in [-0.3, -0.25) is 4.90 Å². The summed E-state index contributed by atoms with van der Waals surface area (Å²) in [6, 6.07) is -0.743. The van der Waals surface area contributed by atoms with E-state index in [-0.39, 0.29) is 13.0 Å². The molecule has 0 bridgehead atoms. The van der Waals surface area contributed by atoms with Crippen LogP contribution in [0, 0.1) is 0 Å². The van der Waals surface area contributed by atoms with E-state index in [1.54, 1.807) is 20.8 Å². The second kappa shape index (κ2) is 5.21. The quantitative estimate of drug-likeness (QED) is 0.667. The third-order valence-electron chi connectivity index (χ3n) is 3.21. The maximum atomic E-state index is 12.2. The van der Waals surface area contributed by atoms with Crippen LogP contribution in [0.15, 0.2) is 0 Å². The van der Waals surface area contributed by atoms with Crippen molar-refractivity contribution in [3.63, 3.8) is 0 Å². The Bertz CT molecular complexity index is 396. The Hall–Kier alpha value is -1.34. The molecular weight excluding hydrogens is 266 g/mol. The molecule has 0 unspecified atom stereocenters. The lowest BCUT2D eigenvalue weighted by molar-refractivity contribution is -0.152. The van der Waals surface area contributed by atoms with E-state index in [4.69, 9.17) is 18.9 Å². The van der Waals surface area contributed by atoms with E-state index in [0.717, 1.165) is 0 Å². The van der Waals surface area contributed by atoms with Crippen molar-refractivity contribution in [1.29, 1.82) is 0 Å². The van der Waals surface area contributed by atoms with Crippen molar-refractivity contribution >= 4 is 12.1 Å². The zero-order chi connectivity index (χ0) is 15.0. The van der Waals surface area contributed by atoms with Gasteiger partial charge in [0.1, 0.15) is 11.6 Å². The molecule has 0 aromatic heterocycles. The minimum atomic E-state index is -0.907. The summed E-state index contributed by atoms with van der Waals surface area (Å²) in [5.41, 5.74) is -0.634. The van der Waals surface area contributed by atoms with E-state index in [0.29, 0.717) is 13.2 Å². The molecule has 7 nitrogen and oxygen atoms in total. The molecule has 0 aromatic rings. The highest BCUT2D eigenvalue weighted by atomic mass is 16.7. The number of esters is 1. The van der Waals surface area contributed by atoms with Crippen molar-refractivity contribution < 1.29 is 28.5 Å². The molecule has 2 saturated heterocycles. The SMILES string of the molecule is COC(=O)[C@@H]1CC2(CN1C(=O)OC(C)(C)C)OCCO2. The molecule has 2 rings (SSSR count). The van der Waals surface area contributed by atoms with E-state index in [1.807, 2.05) is 0 Å². The molecule has 1 atom stereocenters. The number of nitrogens with zero attached hydrogens (tertiary/aromatic N) is 1. The van der Waals surface area contributed by atoms with Gasteiger partial charge in [-0.1, -0.05) is 0 Å². The predicted octanol–water partition coefficient (Wildman–Crippen LogP) is 0.912. The van der Waals surface area contributed by atoms with Crippen molar-refractivity contribution in [2.45, 2.75) is 44.6 Å². The van der Waals surface area contributed by atoms with Gasteiger partial charge in [-0.2, -0.15) is 0 Å². The van der Waals surface area contributed by atoms with Gasteiger partial charge in [-0.05, 0) is 20.8 Å². The van der Waals surface area contributed by atoms with Gasteiger partial charge in [-0.15, -0.1) is 0 Å². The van der Waals surface area contributed by atoms with Gasteiger partial charge in [0.25, 0.3) is 0 Å². The number of rotatable bonds is 1. The van der Waals surface area contributed by atoms with E-state index < -0.39 is 29.5 Å². The normalized spacial score (nSPS) is 25.0. The highest BCUT2D eigenvalue weighted by Crippen LogP contribution is 2.35. The molecule has 2 aliphatic heterocycles. The second-order valence-electron chi connectivity index (χ2n) is 5.96. The first-order valence-corrected chi connectivity index (χ1v) is 6.62. The molecule has 0 saturated carbocycles. The Labute approximate surface area is 118 Å². The summed E-state index contributed by atoms with van der Waals surface area (Å²) in [7, 11) is 1.29. The molecule has 0 aromatic carbocycles. The smallest absolute Gasteiger partial charge is 0.411 e. The second-order valence-corrected chi connectivity index (χ2v) is 5.96. The maximum absolute atomic E-state index is 12.2. The van der Waals surface area contributed by atoms with E-state index in [1.165, 1.54) is 12.0 Å². The largest absolute Gasteiger partial charge is 0.467 e. The molecule has 0 N–H and O–H groups in total. The van der Waals surface area contributed by atoms with Crippen LogP contribution in [0.3, 0.4) is 0 Å². The molecule has 1 spiro atoms. The van der Waals surface area contributed by atoms with Gasteiger partial charge in [0.15, 0.2) is 5.79 Å². The Morgan fingerprint density at radius 3 is 2.35 bits per heavy atom. The first-order valence-electron chi connectivity index (χ1n) is 6.62. The number of carbonyl (C=O) groups is 2. The third-order valence-corrected chi connectivity index (χ3v) is 3.21. The number of ether oxygens (including phenoxy) is 4. The Morgan fingerprint density at radius 1 is 1.25 bits per heavy atom. The predicted molar refractivity (Wildman–Crippen MR) is 68.0 cm³/mol. The summed E-state index contributed by atoms with van der Waals surface area (Å²) in [4.78, 5) is 25.4. The van der Waals surface area contributed by atoms with Crippen LogP contribution in [-0.4, -0.2) is 61.3 Å². The van der Waals surface area contributed by atoms with Gasteiger partial charge in [0.05, 0.1) is 26.9 Å². The fraction of sp³-hybridized carbons (Fsp3) is 0.846.